The summed E-state index contributed by atoms with van der Waals surface area (Å²) in [4.78, 5) is 0. The first-order chi connectivity index (χ1) is 9.49. The van der Waals surface area contributed by atoms with Crippen LogP contribution in [0.3, 0.4) is 0 Å². The molecule has 1 aromatic carbocycles. The second-order valence-electron chi connectivity index (χ2n) is 5.69. The van der Waals surface area contributed by atoms with Crippen molar-refractivity contribution in [1.82, 2.24) is 0 Å². The summed E-state index contributed by atoms with van der Waals surface area (Å²) in [7, 11) is 0. The molecule has 0 aromatic heterocycles. The fourth-order valence-corrected chi connectivity index (χ4v) is 2.91. The zero-order valence-corrected chi connectivity index (χ0v) is 11.8. The van der Waals surface area contributed by atoms with Gasteiger partial charge in [-0.15, -0.1) is 0 Å². The number of anilines is 1. The van der Waals surface area contributed by atoms with Gasteiger partial charge in [0.05, 0.1) is 5.92 Å². The maximum atomic E-state index is 12.8. The van der Waals surface area contributed by atoms with E-state index in [0.717, 1.165) is 24.9 Å². The van der Waals surface area contributed by atoms with Crippen molar-refractivity contribution in [3.8, 4) is 0 Å². The number of rotatable bonds is 4. The van der Waals surface area contributed by atoms with Crippen LogP contribution >= 0.6 is 0 Å². The van der Waals surface area contributed by atoms with Crippen molar-refractivity contribution in [2.75, 3.05) is 5.32 Å². The van der Waals surface area contributed by atoms with Crippen LogP contribution in [0.15, 0.2) is 24.3 Å². The third kappa shape index (κ3) is 4.15. The summed E-state index contributed by atoms with van der Waals surface area (Å²) in [6, 6.07) is 7.99. The molecule has 1 aromatic rings. The van der Waals surface area contributed by atoms with Gasteiger partial charge in [0.25, 0.3) is 0 Å². The standard InChI is InChI=1S/C16H22F3N/c1-2-4-12-7-9-14(10-8-12)20-15-6-3-5-13(11-15)16(17,18)19/h7-10,13,15,20H,2-6,11H2,1H3. The predicted octanol–water partition coefficient (Wildman–Crippen LogP) is 5.17. The number of hydrogen-bond acceptors (Lipinski definition) is 1. The van der Waals surface area contributed by atoms with Crippen molar-refractivity contribution in [3.63, 3.8) is 0 Å². The van der Waals surface area contributed by atoms with Gasteiger partial charge < -0.3 is 5.32 Å². The summed E-state index contributed by atoms with van der Waals surface area (Å²) < 4.78 is 38.3. The Bertz CT molecular complexity index is 411. The molecule has 0 bridgehead atoms. The number of hydrogen-bond donors (Lipinski definition) is 1. The lowest BCUT2D eigenvalue weighted by atomic mass is 9.85. The summed E-state index contributed by atoms with van der Waals surface area (Å²) in [6.45, 7) is 2.13. The van der Waals surface area contributed by atoms with Gasteiger partial charge in [0.2, 0.25) is 0 Å². The number of alkyl halides is 3. The van der Waals surface area contributed by atoms with Crippen LogP contribution in [0.1, 0.15) is 44.6 Å². The molecular formula is C16H22F3N. The molecule has 1 N–H and O–H groups in total. The van der Waals surface area contributed by atoms with Crippen molar-refractivity contribution in [2.24, 2.45) is 5.92 Å². The van der Waals surface area contributed by atoms with Gasteiger partial charge in [0.1, 0.15) is 0 Å². The van der Waals surface area contributed by atoms with Crippen LogP contribution in [0.5, 0.6) is 0 Å². The molecule has 0 radical (unpaired) electrons. The normalized spacial score (nSPS) is 23.6. The molecule has 2 unspecified atom stereocenters. The van der Waals surface area contributed by atoms with Crippen molar-refractivity contribution in [2.45, 2.75) is 57.7 Å². The van der Waals surface area contributed by atoms with Crippen molar-refractivity contribution >= 4 is 5.69 Å². The average molecular weight is 285 g/mol. The molecule has 1 fully saturated rings. The Morgan fingerprint density at radius 1 is 1.15 bits per heavy atom. The van der Waals surface area contributed by atoms with Gasteiger partial charge in [-0.25, -0.2) is 0 Å². The predicted molar refractivity (Wildman–Crippen MR) is 75.9 cm³/mol. The van der Waals surface area contributed by atoms with Crippen LogP contribution in [0.25, 0.3) is 0 Å². The fourth-order valence-electron chi connectivity index (χ4n) is 2.91. The van der Waals surface area contributed by atoms with Crippen LogP contribution in [-0.4, -0.2) is 12.2 Å². The van der Waals surface area contributed by atoms with E-state index in [2.05, 4.69) is 24.4 Å². The Morgan fingerprint density at radius 2 is 1.85 bits per heavy atom. The third-order valence-corrected chi connectivity index (χ3v) is 4.00. The lowest BCUT2D eigenvalue weighted by Gasteiger charge is -2.31. The highest BCUT2D eigenvalue weighted by molar-refractivity contribution is 5.45. The second kappa shape index (κ2) is 6.51. The van der Waals surface area contributed by atoms with E-state index in [1.165, 1.54) is 5.56 Å². The highest BCUT2D eigenvalue weighted by Gasteiger charge is 2.42. The van der Waals surface area contributed by atoms with E-state index in [-0.39, 0.29) is 18.9 Å². The summed E-state index contributed by atoms with van der Waals surface area (Å²) >= 11 is 0. The molecule has 1 aliphatic carbocycles. The summed E-state index contributed by atoms with van der Waals surface area (Å²) in [5.41, 5.74) is 2.20. The maximum Gasteiger partial charge on any atom is 0.391 e. The molecule has 20 heavy (non-hydrogen) atoms. The minimum absolute atomic E-state index is 0.0626. The molecule has 0 heterocycles. The van der Waals surface area contributed by atoms with Gasteiger partial charge >= 0.3 is 6.18 Å². The van der Waals surface area contributed by atoms with E-state index in [0.29, 0.717) is 6.42 Å². The van der Waals surface area contributed by atoms with E-state index < -0.39 is 12.1 Å². The molecule has 1 nitrogen and oxygen atoms in total. The molecule has 2 rings (SSSR count). The maximum absolute atomic E-state index is 12.8. The molecule has 1 saturated carbocycles. The minimum atomic E-state index is -4.05. The van der Waals surface area contributed by atoms with Crippen molar-refractivity contribution in [1.29, 1.82) is 0 Å². The van der Waals surface area contributed by atoms with Crippen LogP contribution < -0.4 is 5.32 Å². The van der Waals surface area contributed by atoms with Crippen LogP contribution in [0.2, 0.25) is 0 Å². The Morgan fingerprint density at radius 3 is 2.45 bits per heavy atom. The van der Waals surface area contributed by atoms with E-state index in [1.54, 1.807) is 0 Å². The van der Waals surface area contributed by atoms with Gasteiger partial charge in [0, 0.05) is 11.7 Å². The quantitative estimate of drug-likeness (QED) is 0.804. The molecule has 1 aliphatic rings. The van der Waals surface area contributed by atoms with Gasteiger partial charge in [-0.2, -0.15) is 13.2 Å². The zero-order valence-electron chi connectivity index (χ0n) is 11.8. The average Bonchev–Trinajstić information content (AvgIpc) is 2.41. The Hall–Kier alpha value is -1.19. The van der Waals surface area contributed by atoms with E-state index in [1.807, 2.05) is 12.1 Å². The molecular weight excluding hydrogens is 263 g/mol. The largest absolute Gasteiger partial charge is 0.391 e. The van der Waals surface area contributed by atoms with Gasteiger partial charge in [0.15, 0.2) is 0 Å². The SMILES string of the molecule is CCCc1ccc(NC2CCCC(C(F)(F)F)C2)cc1. The lowest BCUT2D eigenvalue weighted by Crippen LogP contribution is -2.34. The highest BCUT2D eigenvalue weighted by Crippen LogP contribution is 2.38. The van der Waals surface area contributed by atoms with E-state index in [9.17, 15) is 13.2 Å². The molecule has 0 amide bonds. The Kier molecular flexibility index (Phi) is 4.95. The Labute approximate surface area is 118 Å². The zero-order chi connectivity index (χ0) is 14.6. The topological polar surface area (TPSA) is 12.0 Å². The molecule has 112 valence electrons. The van der Waals surface area contributed by atoms with Crippen LogP contribution in [-0.2, 0) is 6.42 Å². The summed E-state index contributed by atoms with van der Waals surface area (Å²) in [6.07, 6.45) is 0.0320. The summed E-state index contributed by atoms with van der Waals surface area (Å²) in [5.74, 6) is -1.15. The van der Waals surface area contributed by atoms with E-state index >= 15 is 0 Å². The van der Waals surface area contributed by atoms with Crippen molar-refractivity contribution in [3.05, 3.63) is 29.8 Å². The fraction of sp³-hybridized carbons (Fsp3) is 0.625. The number of nitrogens with one attached hydrogen (secondary N) is 1. The van der Waals surface area contributed by atoms with Crippen LogP contribution in [0, 0.1) is 5.92 Å². The van der Waals surface area contributed by atoms with E-state index in [4.69, 9.17) is 0 Å². The van der Waals surface area contributed by atoms with Crippen molar-refractivity contribution < 1.29 is 13.2 Å². The molecule has 4 heteroatoms. The molecule has 2 atom stereocenters. The van der Waals surface area contributed by atoms with Crippen LogP contribution in [0.4, 0.5) is 18.9 Å². The molecule has 0 saturated heterocycles. The summed E-state index contributed by atoms with van der Waals surface area (Å²) in [5, 5.41) is 3.25. The highest BCUT2D eigenvalue weighted by atomic mass is 19.4. The monoisotopic (exact) mass is 285 g/mol. The number of benzene rings is 1. The first kappa shape index (κ1) is 15.2. The number of aryl methyl sites for hydroxylation is 1. The molecule has 0 aliphatic heterocycles. The van der Waals surface area contributed by atoms with Gasteiger partial charge in [-0.3, -0.25) is 0 Å². The van der Waals surface area contributed by atoms with Gasteiger partial charge in [-0.05, 0) is 43.4 Å². The third-order valence-electron chi connectivity index (χ3n) is 4.00. The first-order valence-electron chi connectivity index (χ1n) is 7.41. The first-order valence-corrected chi connectivity index (χ1v) is 7.41. The second-order valence-corrected chi connectivity index (χ2v) is 5.69. The minimum Gasteiger partial charge on any atom is -0.382 e. The lowest BCUT2D eigenvalue weighted by molar-refractivity contribution is -0.182. The molecule has 0 spiro atoms. The van der Waals surface area contributed by atoms with Gasteiger partial charge in [-0.1, -0.05) is 31.9 Å². The smallest absolute Gasteiger partial charge is 0.382 e. The Balaban J connectivity index is 1.92. The number of halogens is 3.